The summed E-state index contributed by atoms with van der Waals surface area (Å²) in [6.07, 6.45) is -4.95. The van der Waals surface area contributed by atoms with Crippen LogP contribution in [0.2, 0.25) is 0 Å². The topological polar surface area (TPSA) is 62.3 Å². The van der Waals surface area contributed by atoms with Crippen LogP contribution in [0.4, 0.5) is 13.2 Å². The van der Waals surface area contributed by atoms with E-state index >= 15 is 0 Å². The molecule has 0 aromatic heterocycles. The van der Waals surface area contributed by atoms with E-state index in [0.29, 0.717) is 24.5 Å². The highest BCUT2D eigenvalue weighted by molar-refractivity contribution is 5.94. The van der Waals surface area contributed by atoms with Crippen LogP contribution in [-0.4, -0.2) is 43.7 Å². The molecule has 0 radical (unpaired) electrons. The van der Waals surface area contributed by atoms with Gasteiger partial charge in [0.1, 0.15) is 18.2 Å². The first kappa shape index (κ1) is 16.3. The lowest BCUT2D eigenvalue weighted by molar-refractivity contribution is -0.137. The quantitative estimate of drug-likeness (QED) is 0.597. The van der Waals surface area contributed by atoms with E-state index in [1.165, 1.54) is 0 Å². The van der Waals surface area contributed by atoms with Gasteiger partial charge in [-0.1, -0.05) is 0 Å². The summed E-state index contributed by atoms with van der Waals surface area (Å²) >= 11 is 0. The highest BCUT2D eigenvalue weighted by Gasteiger charge is 2.26. The van der Waals surface area contributed by atoms with Crippen LogP contribution in [0.5, 0.6) is 5.75 Å². The number of rotatable bonds is 7. The van der Waals surface area contributed by atoms with Gasteiger partial charge in [0.15, 0.2) is 0 Å². The van der Waals surface area contributed by atoms with Crippen molar-refractivity contribution >= 4 is 5.84 Å². The molecule has 112 valence electrons. The van der Waals surface area contributed by atoms with Crippen molar-refractivity contribution in [2.75, 3.05) is 26.7 Å². The fourth-order valence-corrected chi connectivity index (χ4v) is 1.48. The van der Waals surface area contributed by atoms with Crippen molar-refractivity contribution in [3.63, 3.8) is 0 Å². The van der Waals surface area contributed by atoms with Crippen LogP contribution in [0.25, 0.3) is 0 Å². The average molecular weight is 289 g/mol. The highest BCUT2D eigenvalue weighted by atomic mass is 19.4. The van der Waals surface area contributed by atoms with Gasteiger partial charge >= 0.3 is 6.18 Å². The molecule has 0 saturated carbocycles. The highest BCUT2D eigenvalue weighted by Crippen LogP contribution is 2.19. The van der Waals surface area contributed by atoms with Gasteiger partial charge in [0.05, 0.1) is 6.42 Å². The number of nitrogens with two attached hydrogens (primary N) is 1. The Hall–Kier alpha value is -1.76. The molecule has 0 aliphatic rings. The van der Waals surface area contributed by atoms with Crippen molar-refractivity contribution in [2.24, 2.45) is 5.73 Å². The molecule has 0 atom stereocenters. The smallest absolute Gasteiger partial charge is 0.390 e. The van der Waals surface area contributed by atoms with Crippen LogP contribution in [0.15, 0.2) is 24.3 Å². The number of nitrogens with zero attached hydrogens (tertiary/aromatic N) is 1. The Kier molecular flexibility index (Phi) is 5.82. The molecular formula is C13H18F3N3O. The lowest BCUT2D eigenvalue weighted by Gasteiger charge is -2.17. The van der Waals surface area contributed by atoms with Crippen LogP contribution < -0.4 is 10.5 Å². The summed E-state index contributed by atoms with van der Waals surface area (Å²) in [5.41, 5.74) is 5.91. The summed E-state index contributed by atoms with van der Waals surface area (Å²) in [4.78, 5) is 1.57. The Morgan fingerprint density at radius 1 is 1.25 bits per heavy atom. The molecule has 0 amide bonds. The zero-order valence-electron chi connectivity index (χ0n) is 11.2. The van der Waals surface area contributed by atoms with Gasteiger partial charge < -0.3 is 15.4 Å². The van der Waals surface area contributed by atoms with Crippen molar-refractivity contribution in [3.8, 4) is 5.75 Å². The number of amidine groups is 1. The molecule has 3 N–H and O–H groups in total. The van der Waals surface area contributed by atoms with Crippen molar-refractivity contribution in [3.05, 3.63) is 29.8 Å². The minimum Gasteiger partial charge on any atom is -0.492 e. The normalized spacial score (nSPS) is 11.7. The molecule has 0 heterocycles. The third-order valence-electron chi connectivity index (χ3n) is 2.68. The van der Waals surface area contributed by atoms with E-state index < -0.39 is 12.6 Å². The Bertz CT molecular complexity index is 431. The second-order valence-corrected chi connectivity index (χ2v) is 4.45. The predicted octanol–water partition coefficient (Wildman–Crippen LogP) is 2.23. The second-order valence-electron chi connectivity index (χ2n) is 4.45. The number of benzene rings is 1. The molecule has 1 aromatic rings. The third kappa shape index (κ3) is 6.42. The number of hydrogen-bond donors (Lipinski definition) is 2. The Morgan fingerprint density at radius 2 is 1.85 bits per heavy atom. The summed E-state index contributed by atoms with van der Waals surface area (Å²) in [6.45, 7) is 0.661. The van der Waals surface area contributed by atoms with Crippen molar-refractivity contribution in [1.82, 2.24) is 4.90 Å². The van der Waals surface area contributed by atoms with Crippen LogP contribution >= 0.6 is 0 Å². The average Bonchev–Trinajstić information content (AvgIpc) is 2.36. The van der Waals surface area contributed by atoms with Gasteiger partial charge in [-0.25, -0.2) is 0 Å². The fourth-order valence-electron chi connectivity index (χ4n) is 1.48. The van der Waals surface area contributed by atoms with Gasteiger partial charge in [0, 0.05) is 18.7 Å². The van der Waals surface area contributed by atoms with Gasteiger partial charge in [-0.05, 0) is 31.3 Å². The van der Waals surface area contributed by atoms with E-state index in [4.69, 9.17) is 15.9 Å². The molecule has 0 saturated heterocycles. The van der Waals surface area contributed by atoms with Crippen LogP contribution in [0.3, 0.4) is 0 Å². The summed E-state index contributed by atoms with van der Waals surface area (Å²) < 4.78 is 41.5. The number of nitrogen functional groups attached to an aromatic ring is 1. The molecule has 7 heteroatoms. The summed E-state index contributed by atoms with van der Waals surface area (Å²) in [5.74, 6) is 0.572. The van der Waals surface area contributed by atoms with E-state index in [-0.39, 0.29) is 12.4 Å². The van der Waals surface area contributed by atoms with Crippen LogP contribution in [0, 0.1) is 5.41 Å². The Balaban J connectivity index is 2.28. The van der Waals surface area contributed by atoms with Gasteiger partial charge in [0.2, 0.25) is 0 Å². The molecule has 1 aromatic carbocycles. The largest absolute Gasteiger partial charge is 0.492 e. The maximum Gasteiger partial charge on any atom is 0.390 e. The molecule has 1 rings (SSSR count). The van der Waals surface area contributed by atoms with E-state index in [1.54, 1.807) is 36.2 Å². The summed E-state index contributed by atoms with van der Waals surface area (Å²) in [5, 5.41) is 7.24. The Labute approximate surface area is 115 Å². The number of hydrogen-bond acceptors (Lipinski definition) is 3. The first-order valence-electron chi connectivity index (χ1n) is 6.10. The third-order valence-corrected chi connectivity index (χ3v) is 2.68. The van der Waals surface area contributed by atoms with E-state index in [1.807, 2.05) is 0 Å². The Morgan fingerprint density at radius 3 is 2.35 bits per heavy atom. The molecule has 20 heavy (non-hydrogen) atoms. The molecule has 0 aliphatic carbocycles. The van der Waals surface area contributed by atoms with Crippen LogP contribution in [0.1, 0.15) is 12.0 Å². The summed E-state index contributed by atoms with van der Waals surface area (Å²) in [7, 11) is 1.62. The summed E-state index contributed by atoms with van der Waals surface area (Å²) in [6, 6.07) is 6.66. The van der Waals surface area contributed by atoms with Gasteiger partial charge in [0.25, 0.3) is 0 Å². The minimum absolute atomic E-state index is 0.0246. The maximum absolute atomic E-state index is 12.0. The van der Waals surface area contributed by atoms with Crippen molar-refractivity contribution in [2.45, 2.75) is 12.6 Å². The van der Waals surface area contributed by atoms with Crippen molar-refractivity contribution < 1.29 is 17.9 Å². The fraction of sp³-hybridized carbons (Fsp3) is 0.462. The maximum atomic E-state index is 12.0. The molecule has 0 unspecified atom stereocenters. The van der Waals surface area contributed by atoms with E-state index in [9.17, 15) is 13.2 Å². The number of ether oxygens (including phenoxy) is 1. The zero-order chi connectivity index (χ0) is 15.2. The number of nitrogens with one attached hydrogen (secondary N) is 1. The first-order valence-corrected chi connectivity index (χ1v) is 6.10. The van der Waals surface area contributed by atoms with Gasteiger partial charge in [-0.3, -0.25) is 5.41 Å². The second kappa shape index (κ2) is 7.14. The van der Waals surface area contributed by atoms with Crippen LogP contribution in [-0.2, 0) is 0 Å². The SMILES string of the molecule is CN(CCOc1ccc(C(=N)N)cc1)CCC(F)(F)F. The zero-order valence-corrected chi connectivity index (χ0v) is 11.2. The number of halogens is 3. The van der Waals surface area contributed by atoms with Gasteiger partial charge in [-0.2, -0.15) is 13.2 Å². The molecule has 0 aliphatic heterocycles. The number of likely N-dealkylation sites (N-methyl/N-ethyl adjacent to an activating group) is 1. The van der Waals surface area contributed by atoms with Crippen molar-refractivity contribution in [1.29, 1.82) is 5.41 Å². The molecule has 0 fully saturated rings. The monoisotopic (exact) mass is 289 g/mol. The predicted molar refractivity (Wildman–Crippen MR) is 71.1 cm³/mol. The molecule has 0 spiro atoms. The number of alkyl halides is 3. The minimum atomic E-state index is -4.13. The van der Waals surface area contributed by atoms with E-state index in [2.05, 4.69) is 0 Å². The standard InChI is InChI=1S/C13H18F3N3O/c1-19(7-6-13(14,15)16)8-9-20-11-4-2-10(3-5-11)12(17)18/h2-5H,6-9H2,1H3,(H3,17,18). The molecular weight excluding hydrogens is 271 g/mol. The molecule has 4 nitrogen and oxygen atoms in total. The molecule has 0 bridgehead atoms. The van der Waals surface area contributed by atoms with E-state index in [0.717, 1.165) is 0 Å². The first-order chi connectivity index (χ1) is 9.28. The lowest BCUT2D eigenvalue weighted by atomic mass is 10.2. The van der Waals surface area contributed by atoms with Gasteiger partial charge in [-0.15, -0.1) is 0 Å². The lowest BCUT2D eigenvalue weighted by Crippen LogP contribution is -2.28.